The summed E-state index contributed by atoms with van der Waals surface area (Å²) >= 11 is 6.14. The second kappa shape index (κ2) is 12.8. The largest absolute Gasteiger partial charge is 0.355 e. The zero-order chi connectivity index (χ0) is 14.5. The molecule has 0 radical (unpaired) electrons. The van der Waals surface area contributed by atoms with Crippen LogP contribution in [0.4, 0.5) is 0 Å². The number of carbonyl (C=O) groups is 1. The molecule has 0 aromatic heterocycles. The molecule has 0 aliphatic heterocycles. The Balaban J connectivity index is 3.34. The van der Waals surface area contributed by atoms with Crippen LogP contribution in [0.5, 0.6) is 0 Å². The van der Waals surface area contributed by atoms with Gasteiger partial charge in [0.2, 0.25) is 5.91 Å². The van der Waals surface area contributed by atoms with Gasteiger partial charge in [-0.2, -0.15) is 0 Å². The Bertz CT molecular complexity index is 219. The van der Waals surface area contributed by atoms with Crippen LogP contribution >= 0.6 is 11.6 Å². The third kappa shape index (κ3) is 14.0. The Labute approximate surface area is 124 Å². The van der Waals surface area contributed by atoms with E-state index in [2.05, 4.69) is 26.1 Å². The number of carbonyl (C=O) groups excluding carboxylic acids is 1. The lowest BCUT2D eigenvalue weighted by atomic mass is 10.1. The zero-order valence-corrected chi connectivity index (χ0v) is 13.8. The van der Waals surface area contributed by atoms with Crippen molar-refractivity contribution in [2.75, 3.05) is 6.54 Å². The molecule has 0 aliphatic rings. The maximum atomic E-state index is 11.6. The molecule has 1 atom stereocenters. The van der Waals surface area contributed by atoms with E-state index in [0.717, 1.165) is 12.8 Å². The number of alkyl halides is 1. The molecule has 0 bridgehead atoms. The first kappa shape index (κ1) is 18.8. The summed E-state index contributed by atoms with van der Waals surface area (Å²) in [5.41, 5.74) is 0. The molecule has 0 heterocycles. The SMILES string of the molecule is CCCCCCCCCC(=O)NCC(Cl)CC(C)C. The highest BCUT2D eigenvalue weighted by Crippen LogP contribution is 2.10. The van der Waals surface area contributed by atoms with Gasteiger partial charge in [0.15, 0.2) is 0 Å². The molecule has 1 unspecified atom stereocenters. The highest BCUT2D eigenvalue weighted by Gasteiger charge is 2.08. The summed E-state index contributed by atoms with van der Waals surface area (Å²) in [4.78, 5) is 11.6. The van der Waals surface area contributed by atoms with E-state index in [9.17, 15) is 4.79 Å². The summed E-state index contributed by atoms with van der Waals surface area (Å²) in [6.07, 6.45) is 10.3. The second-order valence-electron chi connectivity index (χ2n) is 5.90. The third-order valence-electron chi connectivity index (χ3n) is 3.26. The highest BCUT2D eigenvalue weighted by molar-refractivity contribution is 6.20. The van der Waals surface area contributed by atoms with Gasteiger partial charge in [-0.05, 0) is 18.8 Å². The summed E-state index contributed by atoms with van der Waals surface area (Å²) < 4.78 is 0. The number of hydrogen-bond acceptors (Lipinski definition) is 1. The van der Waals surface area contributed by atoms with Crippen LogP contribution in [0.1, 0.15) is 78.6 Å². The van der Waals surface area contributed by atoms with Crippen LogP contribution in [0.25, 0.3) is 0 Å². The Morgan fingerprint density at radius 2 is 1.63 bits per heavy atom. The van der Waals surface area contributed by atoms with E-state index < -0.39 is 0 Å². The lowest BCUT2D eigenvalue weighted by molar-refractivity contribution is -0.121. The molecule has 0 aliphatic carbocycles. The van der Waals surface area contributed by atoms with Gasteiger partial charge >= 0.3 is 0 Å². The average molecular weight is 290 g/mol. The fraction of sp³-hybridized carbons (Fsp3) is 0.938. The summed E-state index contributed by atoms with van der Waals surface area (Å²) in [6, 6.07) is 0. The first-order valence-corrected chi connectivity index (χ1v) is 8.40. The van der Waals surface area contributed by atoms with Crippen LogP contribution in [0.3, 0.4) is 0 Å². The van der Waals surface area contributed by atoms with Gasteiger partial charge < -0.3 is 5.32 Å². The van der Waals surface area contributed by atoms with Crippen LogP contribution in [0.2, 0.25) is 0 Å². The monoisotopic (exact) mass is 289 g/mol. The van der Waals surface area contributed by atoms with Crippen molar-refractivity contribution in [1.29, 1.82) is 0 Å². The molecule has 0 fully saturated rings. The smallest absolute Gasteiger partial charge is 0.220 e. The Hall–Kier alpha value is -0.240. The second-order valence-corrected chi connectivity index (χ2v) is 6.52. The summed E-state index contributed by atoms with van der Waals surface area (Å²) in [6.45, 7) is 7.13. The molecule has 1 amide bonds. The first-order chi connectivity index (χ1) is 9.06. The number of rotatable bonds is 12. The van der Waals surface area contributed by atoms with Crippen LogP contribution in [-0.2, 0) is 4.79 Å². The van der Waals surface area contributed by atoms with E-state index in [1.807, 2.05) is 0 Å². The van der Waals surface area contributed by atoms with Gasteiger partial charge in [-0.15, -0.1) is 11.6 Å². The molecular weight excluding hydrogens is 258 g/mol. The minimum Gasteiger partial charge on any atom is -0.355 e. The summed E-state index contributed by atoms with van der Waals surface area (Å²) in [7, 11) is 0. The molecular formula is C16H32ClNO. The van der Waals surface area contributed by atoms with E-state index in [1.54, 1.807) is 0 Å². The lowest BCUT2D eigenvalue weighted by Crippen LogP contribution is -2.30. The van der Waals surface area contributed by atoms with Crippen LogP contribution in [0, 0.1) is 5.92 Å². The van der Waals surface area contributed by atoms with E-state index in [4.69, 9.17) is 11.6 Å². The first-order valence-electron chi connectivity index (χ1n) is 7.97. The number of halogens is 1. The molecule has 0 saturated heterocycles. The molecule has 0 aromatic rings. The fourth-order valence-corrected chi connectivity index (χ4v) is 2.58. The topological polar surface area (TPSA) is 29.1 Å². The number of unbranched alkanes of at least 4 members (excludes halogenated alkanes) is 6. The predicted octanol–water partition coefficient (Wildman–Crippen LogP) is 4.90. The lowest BCUT2D eigenvalue weighted by Gasteiger charge is -2.12. The van der Waals surface area contributed by atoms with Crippen LogP contribution in [0.15, 0.2) is 0 Å². The molecule has 19 heavy (non-hydrogen) atoms. The van der Waals surface area contributed by atoms with Gasteiger partial charge in [0.25, 0.3) is 0 Å². The number of nitrogens with one attached hydrogen (secondary N) is 1. The minimum absolute atomic E-state index is 0.0676. The van der Waals surface area contributed by atoms with E-state index >= 15 is 0 Å². The molecule has 0 aromatic carbocycles. The molecule has 114 valence electrons. The van der Waals surface area contributed by atoms with Crippen LogP contribution < -0.4 is 5.32 Å². The highest BCUT2D eigenvalue weighted by atomic mass is 35.5. The molecule has 1 N–H and O–H groups in total. The molecule has 0 rings (SSSR count). The van der Waals surface area contributed by atoms with Crippen LogP contribution in [-0.4, -0.2) is 17.8 Å². The predicted molar refractivity (Wildman–Crippen MR) is 84.7 cm³/mol. The quantitative estimate of drug-likeness (QED) is 0.402. The van der Waals surface area contributed by atoms with Gasteiger partial charge in [0.1, 0.15) is 0 Å². The Morgan fingerprint density at radius 1 is 1.05 bits per heavy atom. The maximum absolute atomic E-state index is 11.6. The van der Waals surface area contributed by atoms with Gasteiger partial charge in [-0.25, -0.2) is 0 Å². The molecule has 3 heteroatoms. The third-order valence-corrected chi connectivity index (χ3v) is 3.59. The van der Waals surface area contributed by atoms with E-state index in [1.165, 1.54) is 38.5 Å². The van der Waals surface area contributed by atoms with Gasteiger partial charge in [-0.1, -0.05) is 59.3 Å². The van der Waals surface area contributed by atoms with Crippen molar-refractivity contribution in [2.24, 2.45) is 5.92 Å². The zero-order valence-electron chi connectivity index (χ0n) is 13.0. The van der Waals surface area contributed by atoms with Crippen molar-refractivity contribution >= 4 is 17.5 Å². The van der Waals surface area contributed by atoms with Crippen molar-refractivity contribution in [3.05, 3.63) is 0 Å². The van der Waals surface area contributed by atoms with Gasteiger partial charge in [-0.3, -0.25) is 4.79 Å². The summed E-state index contributed by atoms with van der Waals surface area (Å²) in [5.74, 6) is 0.741. The average Bonchev–Trinajstić information content (AvgIpc) is 2.34. The van der Waals surface area contributed by atoms with Crippen molar-refractivity contribution in [1.82, 2.24) is 5.32 Å². The Morgan fingerprint density at radius 3 is 2.21 bits per heavy atom. The maximum Gasteiger partial charge on any atom is 0.220 e. The van der Waals surface area contributed by atoms with E-state index in [0.29, 0.717) is 18.9 Å². The fourth-order valence-electron chi connectivity index (χ4n) is 2.15. The summed E-state index contributed by atoms with van der Waals surface area (Å²) in [5, 5.41) is 3.00. The molecule has 2 nitrogen and oxygen atoms in total. The molecule has 0 spiro atoms. The van der Waals surface area contributed by atoms with E-state index in [-0.39, 0.29) is 11.3 Å². The van der Waals surface area contributed by atoms with Crippen molar-refractivity contribution < 1.29 is 4.79 Å². The van der Waals surface area contributed by atoms with Crippen molar-refractivity contribution in [3.63, 3.8) is 0 Å². The standard InChI is InChI=1S/C16H32ClNO/c1-4-5-6-7-8-9-10-11-16(19)18-13-15(17)12-14(2)3/h14-15H,4-13H2,1-3H3,(H,18,19). The van der Waals surface area contributed by atoms with Gasteiger partial charge in [0.05, 0.1) is 5.38 Å². The Kier molecular flexibility index (Phi) is 12.6. The normalized spacial score (nSPS) is 12.7. The molecule has 0 saturated carbocycles. The minimum atomic E-state index is 0.0676. The van der Waals surface area contributed by atoms with Crippen molar-refractivity contribution in [3.8, 4) is 0 Å². The number of amides is 1. The number of hydrogen-bond donors (Lipinski definition) is 1. The van der Waals surface area contributed by atoms with Crippen molar-refractivity contribution in [2.45, 2.75) is 83.9 Å². The van der Waals surface area contributed by atoms with Gasteiger partial charge in [0, 0.05) is 13.0 Å².